The van der Waals surface area contributed by atoms with Crippen LogP contribution >= 0.6 is 11.8 Å². The molecule has 162 valence electrons. The standard InChI is InChI=1S/C25H29N3O2S/c1-16(2)28-24(30)21-10-6-7-11-22(21)27-25(28)31-15-23(29)26-17(3)19-13-12-18-8-4-5-9-20(18)14-19/h6-7,10-14,16-17H,4-5,8-9,15H2,1-3H3,(H,26,29)/t17-/m1/s1. The third kappa shape index (κ3) is 4.69. The first kappa shape index (κ1) is 21.6. The molecular weight excluding hydrogens is 406 g/mol. The van der Waals surface area contributed by atoms with Crippen molar-refractivity contribution in [3.05, 3.63) is 69.5 Å². The van der Waals surface area contributed by atoms with Gasteiger partial charge in [0.05, 0.1) is 22.7 Å². The van der Waals surface area contributed by atoms with E-state index in [0.717, 1.165) is 18.4 Å². The second-order valence-corrected chi connectivity index (χ2v) is 9.44. The fourth-order valence-corrected chi connectivity index (χ4v) is 5.14. The fourth-order valence-electron chi connectivity index (χ4n) is 4.20. The number of thioether (sulfide) groups is 1. The number of carbonyl (C=O) groups is 1. The van der Waals surface area contributed by atoms with E-state index in [0.29, 0.717) is 16.1 Å². The molecular formula is C25H29N3O2S. The van der Waals surface area contributed by atoms with Gasteiger partial charge in [0, 0.05) is 6.04 Å². The molecule has 31 heavy (non-hydrogen) atoms. The van der Waals surface area contributed by atoms with E-state index in [2.05, 4.69) is 28.5 Å². The third-order valence-electron chi connectivity index (χ3n) is 5.87. The van der Waals surface area contributed by atoms with E-state index in [9.17, 15) is 9.59 Å². The SMILES string of the molecule is CC(C)n1c(SCC(=O)N[C@H](C)c2ccc3c(c2)CCCC3)nc2ccccc2c1=O. The predicted octanol–water partition coefficient (Wildman–Crippen LogP) is 4.83. The first-order chi connectivity index (χ1) is 14.9. The van der Waals surface area contributed by atoms with Gasteiger partial charge in [0.1, 0.15) is 0 Å². The largest absolute Gasteiger partial charge is 0.349 e. The van der Waals surface area contributed by atoms with Crippen LogP contribution in [0.15, 0.2) is 52.4 Å². The molecule has 1 aliphatic rings. The number of rotatable bonds is 6. The number of benzene rings is 2. The van der Waals surface area contributed by atoms with Crippen molar-refractivity contribution in [2.75, 3.05) is 5.75 Å². The molecule has 1 N–H and O–H groups in total. The number of nitrogens with one attached hydrogen (secondary N) is 1. The highest BCUT2D eigenvalue weighted by Gasteiger charge is 2.17. The van der Waals surface area contributed by atoms with Gasteiger partial charge >= 0.3 is 0 Å². The van der Waals surface area contributed by atoms with Crippen LogP contribution in [0.2, 0.25) is 0 Å². The van der Waals surface area contributed by atoms with Crippen LogP contribution in [0.4, 0.5) is 0 Å². The molecule has 2 aromatic carbocycles. The number of hydrogen-bond acceptors (Lipinski definition) is 4. The number of aryl methyl sites for hydroxylation is 2. The summed E-state index contributed by atoms with van der Waals surface area (Å²) in [7, 11) is 0. The number of amides is 1. The van der Waals surface area contributed by atoms with Crippen LogP contribution in [-0.2, 0) is 17.6 Å². The molecule has 6 heteroatoms. The van der Waals surface area contributed by atoms with E-state index in [1.807, 2.05) is 39.0 Å². The average Bonchev–Trinajstić information content (AvgIpc) is 2.77. The first-order valence-electron chi connectivity index (χ1n) is 11.0. The van der Waals surface area contributed by atoms with Gasteiger partial charge in [-0.3, -0.25) is 14.2 Å². The van der Waals surface area contributed by atoms with Crippen molar-refractivity contribution in [2.24, 2.45) is 0 Å². The van der Waals surface area contributed by atoms with Crippen LogP contribution in [0.1, 0.15) is 62.4 Å². The monoisotopic (exact) mass is 435 g/mol. The zero-order valence-electron chi connectivity index (χ0n) is 18.4. The number of aromatic nitrogens is 2. The smallest absolute Gasteiger partial charge is 0.262 e. The molecule has 1 atom stereocenters. The summed E-state index contributed by atoms with van der Waals surface area (Å²) in [4.78, 5) is 30.3. The highest BCUT2D eigenvalue weighted by atomic mass is 32.2. The normalized spacial score (nSPS) is 14.5. The number of hydrogen-bond donors (Lipinski definition) is 1. The summed E-state index contributed by atoms with van der Waals surface area (Å²) in [6.07, 6.45) is 4.79. The molecule has 1 amide bonds. The molecule has 1 aliphatic carbocycles. The Balaban J connectivity index is 1.47. The summed E-state index contributed by atoms with van der Waals surface area (Å²) in [6, 6.07) is 13.8. The summed E-state index contributed by atoms with van der Waals surface area (Å²) in [5.41, 5.74) is 4.60. The molecule has 0 spiro atoms. The summed E-state index contributed by atoms with van der Waals surface area (Å²) in [5, 5.41) is 4.28. The minimum Gasteiger partial charge on any atom is -0.349 e. The number of para-hydroxylation sites is 1. The molecule has 0 saturated carbocycles. The van der Waals surface area contributed by atoms with Crippen LogP contribution < -0.4 is 10.9 Å². The molecule has 3 aromatic rings. The van der Waals surface area contributed by atoms with Crippen molar-refractivity contribution in [3.8, 4) is 0 Å². The Labute approximate surface area is 187 Å². The first-order valence-corrected chi connectivity index (χ1v) is 12.0. The Morgan fingerprint density at radius 2 is 1.84 bits per heavy atom. The number of carbonyl (C=O) groups excluding carboxylic acids is 1. The van der Waals surface area contributed by atoms with Gasteiger partial charge in [0.25, 0.3) is 5.56 Å². The highest BCUT2D eigenvalue weighted by Crippen LogP contribution is 2.25. The van der Waals surface area contributed by atoms with Gasteiger partial charge < -0.3 is 5.32 Å². The zero-order valence-corrected chi connectivity index (χ0v) is 19.2. The minimum absolute atomic E-state index is 0.0374. The minimum atomic E-state index is -0.0639. The van der Waals surface area contributed by atoms with Gasteiger partial charge in [-0.25, -0.2) is 4.98 Å². The number of nitrogens with zero attached hydrogens (tertiary/aromatic N) is 2. The lowest BCUT2D eigenvalue weighted by Gasteiger charge is -2.20. The van der Waals surface area contributed by atoms with Gasteiger partial charge in [-0.1, -0.05) is 42.1 Å². The van der Waals surface area contributed by atoms with Crippen LogP contribution in [-0.4, -0.2) is 21.2 Å². The average molecular weight is 436 g/mol. The summed E-state index contributed by atoms with van der Waals surface area (Å²) >= 11 is 1.31. The fraction of sp³-hybridized carbons (Fsp3) is 0.400. The van der Waals surface area contributed by atoms with Crippen molar-refractivity contribution < 1.29 is 4.79 Å². The van der Waals surface area contributed by atoms with E-state index in [1.54, 1.807) is 10.6 Å². The molecule has 5 nitrogen and oxygen atoms in total. The van der Waals surface area contributed by atoms with E-state index >= 15 is 0 Å². The molecule has 1 aromatic heterocycles. The Kier molecular flexibility index (Phi) is 6.46. The molecule has 1 heterocycles. The lowest BCUT2D eigenvalue weighted by Crippen LogP contribution is -2.29. The Morgan fingerprint density at radius 1 is 1.10 bits per heavy atom. The van der Waals surface area contributed by atoms with Crippen molar-refractivity contribution in [1.82, 2.24) is 14.9 Å². The van der Waals surface area contributed by atoms with E-state index < -0.39 is 0 Å². The molecule has 4 rings (SSSR count). The Hall–Kier alpha value is -2.60. The number of fused-ring (bicyclic) bond motifs is 2. The second kappa shape index (κ2) is 9.27. The molecule has 0 radical (unpaired) electrons. The highest BCUT2D eigenvalue weighted by molar-refractivity contribution is 7.99. The zero-order chi connectivity index (χ0) is 22.0. The molecule has 0 saturated heterocycles. The van der Waals surface area contributed by atoms with E-state index in [-0.39, 0.29) is 29.3 Å². The lowest BCUT2D eigenvalue weighted by atomic mass is 9.89. The molecule has 0 bridgehead atoms. The van der Waals surface area contributed by atoms with Crippen LogP contribution in [0.5, 0.6) is 0 Å². The predicted molar refractivity (Wildman–Crippen MR) is 127 cm³/mol. The van der Waals surface area contributed by atoms with Gasteiger partial charge in [-0.15, -0.1) is 0 Å². The van der Waals surface area contributed by atoms with Gasteiger partial charge in [-0.2, -0.15) is 0 Å². The Morgan fingerprint density at radius 3 is 2.61 bits per heavy atom. The van der Waals surface area contributed by atoms with Crippen LogP contribution in [0.3, 0.4) is 0 Å². The maximum absolute atomic E-state index is 12.9. The van der Waals surface area contributed by atoms with Gasteiger partial charge in [0.15, 0.2) is 5.16 Å². The molecule has 0 fully saturated rings. The molecule has 0 aliphatic heterocycles. The maximum Gasteiger partial charge on any atom is 0.262 e. The van der Waals surface area contributed by atoms with Gasteiger partial charge in [0.2, 0.25) is 5.91 Å². The van der Waals surface area contributed by atoms with Gasteiger partial charge in [-0.05, 0) is 75.3 Å². The van der Waals surface area contributed by atoms with Crippen molar-refractivity contribution in [2.45, 2.75) is 63.7 Å². The van der Waals surface area contributed by atoms with Crippen LogP contribution in [0.25, 0.3) is 10.9 Å². The quantitative estimate of drug-likeness (QED) is 0.445. The Bertz CT molecular complexity index is 1170. The van der Waals surface area contributed by atoms with Crippen molar-refractivity contribution in [1.29, 1.82) is 0 Å². The second-order valence-electron chi connectivity index (χ2n) is 8.49. The topological polar surface area (TPSA) is 64.0 Å². The summed E-state index contributed by atoms with van der Waals surface area (Å²) < 4.78 is 1.67. The van der Waals surface area contributed by atoms with Crippen molar-refractivity contribution in [3.63, 3.8) is 0 Å². The van der Waals surface area contributed by atoms with Crippen LogP contribution in [0, 0.1) is 0 Å². The third-order valence-corrected chi connectivity index (χ3v) is 6.83. The lowest BCUT2D eigenvalue weighted by molar-refractivity contribution is -0.119. The molecule has 0 unspecified atom stereocenters. The van der Waals surface area contributed by atoms with E-state index in [4.69, 9.17) is 0 Å². The summed E-state index contributed by atoms with van der Waals surface area (Å²) in [5.74, 6) is 0.153. The summed E-state index contributed by atoms with van der Waals surface area (Å²) in [6.45, 7) is 5.94. The van der Waals surface area contributed by atoms with E-state index in [1.165, 1.54) is 35.7 Å². The van der Waals surface area contributed by atoms with Crippen molar-refractivity contribution >= 4 is 28.6 Å². The maximum atomic E-state index is 12.9.